The number of halogens is 2. The lowest BCUT2D eigenvalue weighted by Gasteiger charge is -2.11. The highest BCUT2D eigenvalue weighted by Gasteiger charge is 2.10. The number of amides is 1. The molecule has 0 heterocycles. The van der Waals surface area contributed by atoms with Crippen molar-refractivity contribution in [2.45, 2.75) is 13.3 Å². The predicted octanol–water partition coefficient (Wildman–Crippen LogP) is 4.34. The molecule has 0 radical (unpaired) electrons. The van der Waals surface area contributed by atoms with Crippen molar-refractivity contribution in [1.82, 2.24) is 0 Å². The molecule has 1 amide bonds. The molecule has 0 saturated carbocycles. The van der Waals surface area contributed by atoms with Gasteiger partial charge in [-0.05, 0) is 71.0 Å². The van der Waals surface area contributed by atoms with Gasteiger partial charge in [-0.3, -0.25) is 4.79 Å². The van der Waals surface area contributed by atoms with Crippen LogP contribution in [0.25, 0.3) is 0 Å². The molecule has 0 saturated heterocycles. The summed E-state index contributed by atoms with van der Waals surface area (Å²) in [6.45, 7) is 2.06. The topological polar surface area (TPSA) is 55.1 Å². The van der Waals surface area contributed by atoms with E-state index in [2.05, 4.69) is 40.9 Å². The maximum Gasteiger partial charge on any atom is 0.255 e. The Morgan fingerprint density at radius 3 is 2.70 bits per heavy atom. The van der Waals surface area contributed by atoms with Crippen molar-refractivity contribution in [1.29, 1.82) is 0 Å². The first-order valence-corrected chi connectivity index (χ1v) is 7.61. The smallest absolute Gasteiger partial charge is 0.255 e. The second-order valence-electron chi connectivity index (χ2n) is 4.35. The molecule has 0 bridgehead atoms. The Kier molecular flexibility index (Phi) is 4.88. The molecule has 0 atom stereocenters. The van der Waals surface area contributed by atoms with E-state index in [9.17, 15) is 4.79 Å². The van der Waals surface area contributed by atoms with Gasteiger partial charge in [-0.2, -0.15) is 0 Å². The van der Waals surface area contributed by atoms with Gasteiger partial charge in [-0.15, -0.1) is 0 Å². The molecule has 0 aliphatic heterocycles. The number of aryl methyl sites for hydroxylation is 1. The number of hydrogen-bond acceptors (Lipinski definition) is 2. The number of hydrogen-bond donors (Lipinski definition) is 2. The summed E-state index contributed by atoms with van der Waals surface area (Å²) in [5.41, 5.74) is 8.54. The van der Waals surface area contributed by atoms with Crippen LogP contribution in [0.4, 0.5) is 11.4 Å². The molecule has 2 rings (SSSR count). The molecule has 0 aliphatic rings. The predicted molar refractivity (Wildman–Crippen MR) is 92.4 cm³/mol. The minimum Gasteiger partial charge on any atom is -0.398 e. The van der Waals surface area contributed by atoms with Crippen LogP contribution in [0.2, 0.25) is 5.02 Å². The van der Waals surface area contributed by atoms with Crippen molar-refractivity contribution in [3.05, 3.63) is 56.1 Å². The second kappa shape index (κ2) is 6.45. The van der Waals surface area contributed by atoms with Crippen LogP contribution in [0.15, 0.2) is 36.4 Å². The number of anilines is 2. The number of nitrogens with two attached hydrogens (primary N) is 1. The van der Waals surface area contributed by atoms with Crippen LogP contribution in [-0.2, 0) is 6.42 Å². The van der Waals surface area contributed by atoms with Crippen LogP contribution in [-0.4, -0.2) is 5.91 Å². The molecule has 0 aliphatic carbocycles. The van der Waals surface area contributed by atoms with Gasteiger partial charge in [-0.1, -0.05) is 18.5 Å². The Balaban J connectivity index is 2.25. The molecule has 0 unspecified atom stereocenters. The van der Waals surface area contributed by atoms with Crippen LogP contribution in [0, 0.1) is 3.57 Å². The number of nitrogens with one attached hydrogen (secondary N) is 1. The van der Waals surface area contributed by atoms with Gasteiger partial charge in [0.2, 0.25) is 0 Å². The lowest BCUT2D eigenvalue weighted by atomic mass is 10.1. The molecule has 0 fully saturated rings. The highest BCUT2D eigenvalue weighted by Crippen LogP contribution is 2.22. The summed E-state index contributed by atoms with van der Waals surface area (Å²) in [7, 11) is 0. The van der Waals surface area contributed by atoms with Crippen LogP contribution >= 0.6 is 34.2 Å². The fourth-order valence-corrected chi connectivity index (χ4v) is 2.53. The van der Waals surface area contributed by atoms with Gasteiger partial charge >= 0.3 is 0 Å². The average molecular weight is 401 g/mol. The van der Waals surface area contributed by atoms with E-state index in [1.165, 1.54) is 0 Å². The van der Waals surface area contributed by atoms with E-state index in [-0.39, 0.29) is 5.91 Å². The summed E-state index contributed by atoms with van der Waals surface area (Å²) in [6.07, 6.45) is 0.856. The van der Waals surface area contributed by atoms with Gasteiger partial charge < -0.3 is 11.1 Å². The quantitative estimate of drug-likeness (QED) is 0.595. The normalized spacial score (nSPS) is 10.3. The highest BCUT2D eigenvalue weighted by atomic mass is 127. The molecule has 2 aromatic carbocycles. The largest absolute Gasteiger partial charge is 0.398 e. The monoisotopic (exact) mass is 400 g/mol. The third-order valence-corrected chi connectivity index (χ3v) is 3.97. The Labute approximate surface area is 136 Å². The number of carbonyl (C=O) groups excluding carboxylic acids is 1. The minimum atomic E-state index is -0.190. The first-order chi connectivity index (χ1) is 9.51. The Bertz CT molecular complexity index is 658. The summed E-state index contributed by atoms with van der Waals surface area (Å²) in [5, 5.41) is 3.36. The minimum absolute atomic E-state index is 0.190. The fraction of sp³-hybridized carbons (Fsp3) is 0.133. The summed E-state index contributed by atoms with van der Waals surface area (Å²) in [5.74, 6) is -0.190. The van der Waals surface area contributed by atoms with Gasteiger partial charge in [0.15, 0.2) is 0 Å². The van der Waals surface area contributed by atoms with Gasteiger partial charge in [0, 0.05) is 14.8 Å². The van der Waals surface area contributed by atoms with Crippen molar-refractivity contribution in [3.63, 3.8) is 0 Å². The Morgan fingerprint density at radius 2 is 2.05 bits per heavy atom. The fourth-order valence-electron chi connectivity index (χ4n) is 1.86. The Morgan fingerprint density at radius 1 is 1.30 bits per heavy atom. The molecular formula is C15H14ClIN2O. The number of carbonyl (C=O) groups is 1. The van der Waals surface area contributed by atoms with Gasteiger partial charge in [0.1, 0.15) is 0 Å². The van der Waals surface area contributed by atoms with Crippen LogP contribution < -0.4 is 11.1 Å². The molecule has 5 heteroatoms. The standard InChI is InChI=1S/C15H14ClIN2O/c1-2-9-7-11(17)4-6-14(9)19-15(20)10-3-5-12(16)13(18)8-10/h3-8H,2,18H2,1H3,(H,19,20). The third kappa shape index (κ3) is 3.43. The van der Waals surface area contributed by atoms with E-state index < -0.39 is 0 Å². The van der Waals surface area contributed by atoms with E-state index in [1.54, 1.807) is 18.2 Å². The SMILES string of the molecule is CCc1cc(I)ccc1NC(=O)c1ccc(Cl)c(N)c1. The molecule has 3 N–H and O–H groups in total. The average Bonchev–Trinajstić information content (AvgIpc) is 2.43. The van der Waals surface area contributed by atoms with Crippen LogP contribution in [0.3, 0.4) is 0 Å². The van der Waals surface area contributed by atoms with Crippen molar-refractivity contribution < 1.29 is 4.79 Å². The third-order valence-electron chi connectivity index (χ3n) is 2.95. The van der Waals surface area contributed by atoms with Gasteiger partial charge in [0.25, 0.3) is 5.91 Å². The van der Waals surface area contributed by atoms with Gasteiger partial charge in [0.05, 0.1) is 10.7 Å². The zero-order valence-electron chi connectivity index (χ0n) is 10.9. The zero-order valence-corrected chi connectivity index (χ0v) is 13.8. The molecule has 104 valence electrons. The summed E-state index contributed by atoms with van der Waals surface area (Å²) >= 11 is 8.11. The summed E-state index contributed by atoms with van der Waals surface area (Å²) in [6, 6.07) is 10.8. The maximum absolute atomic E-state index is 12.2. The number of rotatable bonds is 3. The van der Waals surface area contributed by atoms with Crippen LogP contribution in [0.1, 0.15) is 22.8 Å². The van der Waals surface area contributed by atoms with E-state index in [0.717, 1.165) is 21.2 Å². The highest BCUT2D eigenvalue weighted by molar-refractivity contribution is 14.1. The first-order valence-electron chi connectivity index (χ1n) is 6.16. The van der Waals surface area contributed by atoms with Crippen molar-refractivity contribution >= 4 is 51.5 Å². The lowest BCUT2D eigenvalue weighted by Crippen LogP contribution is -2.13. The van der Waals surface area contributed by atoms with Gasteiger partial charge in [-0.25, -0.2) is 0 Å². The van der Waals surface area contributed by atoms with E-state index in [0.29, 0.717) is 16.3 Å². The van der Waals surface area contributed by atoms with E-state index in [4.69, 9.17) is 17.3 Å². The second-order valence-corrected chi connectivity index (χ2v) is 6.00. The van der Waals surface area contributed by atoms with Crippen molar-refractivity contribution in [3.8, 4) is 0 Å². The number of benzene rings is 2. The van der Waals surface area contributed by atoms with Crippen LogP contribution in [0.5, 0.6) is 0 Å². The lowest BCUT2D eigenvalue weighted by molar-refractivity contribution is 0.102. The molecule has 0 aromatic heterocycles. The zero-order chi connectivity index (χ0) is 14.7. The molecular weight excluding hydrogens is 387 g/mol. The van der Waals surface area contributed by atoms with Crippen molar-refractivity contribution in [2.24, 2.45) is 0 Å². The first kappa shape index (κ1) is 15.1. The Hall–Kier alpha value is -1.27. The van der Waals surface area contributed by atoms with Crippen molar-refractivity contribution in [2.75, 3.05) is 11.1 Å². The van der Waals surface area contributed by atoms with E-state index >= 15 is 0 Å². The maximum atomic E-state index is 12.2. The summed E-state index contributed by atoms with van der Waals surface area (Å²) in [4.78, 5) is 12.2. The number of nitrogen functional groups attached to an aromatic ring is 1. The molecule has 0 spiro atoms. The van der Waals surface area contributed by atoms with E-state index in [1.807, 2.05) is 12.1 Å². The molecule has 2 aromatic rings. The molecule has 3 nitrogen and oxygen atoms in total. The molecule has 20 heavy (non-hydrogen) atoms. The summed E-state index contributed by atoms with van der Waals surface area (Å²) < 4.78 is 1.15.